The molecule has 0 saturated carbocycles. The maximum absolute atomic E-state index is 10.3. The SMILES string of the molecule is CCCC(CCCC(C)C)N=O. The Morgan fingerprint density at radius 3 is 2.25 bits per heavy atom. The van der Waals surface area contributed by atoms with Gasteiger partial charge in [-0.15, -0.1) is 0 Å². The Hall–Kier alpha value is -0.400. The quantitative estimate of drug-likeness (QED) is 0.536. The van der Waals surface area contributed by atoms with Gasteiger partial charge >= 0.3 is 0 Å². The van der Waals surface area contributed by atoms with Crippen LogP contribution in [0.3, 0.4) is 0 Å². The van der Waals surface area contributed by atoms with Crippen molar-refractivity contribution in [2.75, 3.05) is 0 Å². The second-order valence-electron chi connectivity index (χ2n) is 3.87. The van der Waals surface area contributed by atoms with Crippen molar-refractivity contribution < 1.29 is 0 Å². The van der Waals surface area contributed by atoms with Crippen LogP contribution in [0.5, 0.6) is 0 Å². The van der Waals surface area contributed by atoms with E-state index in [9.17, 15) is 4.91 Å². The number of nitroso groups, excluding NO2 is 1. The lowest BCUT2D eigenvalue weighted by atomic mass is 10.0. The molecule has 0 aliphatic rings. The van der Waals surface area contributed by atoms with E-state index in [1.54, 1.807) is 0 Å². The van der Waals surface area contributed by atoms with Crippen LogP contribution in [0.2, 0.25) is 0 Å². The van der Waals surface area contributed by atoms with Gasteiger partial charge in [0.2, 0.25) is 0 Å². The third-order valence-corrected chi connectivity index (χ3v) is 2.09. The van der Waals surface area contributed by atoms with Crippen molar-refractivity contribution in [1.82, 2.24) is 0 Å². The molecule has 0 aliphatic carbocycles. The zero-order valence-corrected chi connectivity index (χ0v) is 8.55. The third kappa shape index (κ3) is 6.32. The van der Waals surface area contributed by atoms with Gasteiger partial charge in [0.1, 0.15) is 0 Å². The predicted octanol–water partition coefficient (Wildman–Crippen LogP) is 3.75. The highest BCUT2D eigenvalue weighted by Gasteiger charge is 2.06. The molecule has 0 aliphatic heterocycles. The molecule has 0 aromatic carbocycles. The second-order valence-corrected chi connectivity index (χ2v) is 3.87. The molecule has 0 rings (SSSR count). The lowest BCUT2D eigenvalue weighted by Gasteiger charge is -2.08. The molecule has 0 spiro atoms. The molecule has 1 atom stereocenters. The summed E-state index contributed by atoms with van der Waals surface area (Å²) >= 11 is 0. The summed E-state index contributed by atoms with van der Waals surface area (Å²) in [5, 5.41) is 3.12. The van der Waals surface area contributed by atoms with Gasteiger partial charge in [-0.25, -0.2) is 0 Å². The maximum atomic E-state index is 10.3. The highest BCUT2D eigenvalue weighted by molar-refractivity contribution is 4.64. The Labute approximate surface area is 75.7 Å². The first kappa shape index (κ1) is 11.6. The fourth-order valence-corrected chi connectivity index (χ4v) is 1.34. The van der Waals surface area contributed by atoms with E-state index in [0.29, 0.717) is 0 Å². The number of hydrogen-bond donors (Lipinski definition) is 0. The van der Waals surface area contributed by atoms with Crippen LogP contribution in [0, 0.1) is 10.8 Å². The van der Waals surface area contributed by atoms with Gasteiger partial charge in [-0.2, -0.15) is 4.91 Å². The van der Waals surface area contributed by atoms with Gasteiger partial charge in [0.25, 0.3) is 0 Å². The summed E-state index contributed by atoms with van der Waals surface area (Å²) in [6.07, 6.45) is 5.37. The summed E-state index contributed by atoms with van der Waals surface area (Å²) in [6, 6.07) is 0.0775. The van der Waals surface area contributed by atoms with Crippen LogP contribution in [0.25, 0.3) is 0 Å². The van der Waals surface area contributed by atoms with E-state index in [1.807, 2.05) is 0 Å². The fraction of sp³-hybridized carbons (Fsp3) is 1.00. The van der Waals surface area contributed by atoms with Crippen molar-refractivity contribution in [1.29, 1.82) is 0 Å². The Kier molecular flexibility index (Phi) is 7.02. The molecular formula is C10H21NO. The van der Waals surface area contributed by atoms with Crippen molar-refractivity contribution in [2.24, 2.45) is 11.1 Å². The Balaban J connectivity index is 3.37. The first-order valence-corrected chi connectivity index (χ1v) is 5.03. The van der Waals surface area contributed by atoms with Crippen molar-refractivity contribution in [2.45, 2.75) is 58.9 Å². The minimum Gasteiger partial charge on any atom is -0.151 e. The van der Waals surface area contributed by atoms with Crippen LogP contribution < -0.4 is 0 Å². The fourth-order valence-electron chi connectivity index (χ4n) is 1.34. The normalized spacial score (nSPS) is 13.3. The highest BCUT2D eigenvalue weighted by atomic mass is 16.3. The summed E-state index contributed by atoms with van der Waals surface area (Å²) in [6.45, 7) is 6.52. The molecular weight excluding hydrogens is 150 g/mol. The molecule has 72 valence electrons. The summed E-state index contributed by atoms with van der Waals surface area (Å²) in [4.78, 5) is 10.3. The van der Waals surface area contributed by atoms with E-state index < -0.39 is 0 Å². The molecule has 0 heterocycles. The predicted molar refractivity (Wildman–Crippen MR) is 53.2 cm³/mol. The highest BCUT2D eigenvalue weighted by Crippen LogP contribution is 2.13. The van der Waals surface area contributed by atoms with Crippen molar-refractivity contribution >= 4 is 0 Å². The van der Waals surface area contributed by atoms with Gasteiger partial charge in [-0.05, 0) is 18.8 Å². The Morgan fingerprint density at radius 1 is 1.17 bits per heavy atom. The minimum absolute atomic E-state index is 0.0775. The average Bonchev–Trinajstić information content (AvgIpc) is 2.02. The zero-order valence-electron chi connectivity index (χ0n) is 8.55. The molecule has 1 unspecified atom stereocenters. The summed E-state index contributed by atoms with van der Waals surface area (Å²) in [7, 11) is 0. The van der Waals surface area contributed by atoms with Crippen molar-refractivity contribution in [3.05, 3.63) is 4.91 Å². The van der Waals surface area contributed by atoms with Crippen LogP contribution >= 0.6 is 0 Å². The molecule has 0 amide bonds. The molecule has 0 saturated heterocycles. The molecule has 0 N–H and O–H groups in total. The molecule has 0 bridgehead atoms. The van der Waals surface area contributed by atoms with Crippen LogP contribution in [-0.2, 0) is 0 Å². The average molecular weight is 171 g/mol. The van der Waals surface area contributed by atoms with E-state index >= 15 is 0 Å². The van der Waals surface area contributed by atoms with Crippen LogP contribution in [0.4, 0.5) is 0 Å². The number of nitrogens with zero attached hydrogens (tertiary/aromatic N) is 1. The van der Waals surface area contributed by atoms with Gasteiger partial charge in [0.05, 0.1) is 6.04 Å². The lowest BCUT2D eigenvalue weighted by Crippen LogP contribution is -2.03. The summed E-state index contributed by atoms with van der Waals surface area (Å²) < 4.78 is 0. The summed E-state index contributed by atoms with van der Waals surface area (Å²) in [5.74, 6) is 0.749. The number of hydrogen-bond acceptors (Lipinski definition) is 2. The smallest absolute Gasteiger partial charge is 0.0919 e. The second kappa shape index (κ2) is 7.26. The van der Waals surface area contributed by atoms with Crippen LogP contribution in [0.1, 0.15) is 52.9 Å². The molecule has 0 radical (unpaired) electrons. The van der Waals surface area contributed by atoms with Crippen molar-refractivity contribution in [3.63, 3.8) is 0 Å². The molecule has 0 aromatic rings. The van der Waals surface area contributed by atoms with E-state index in [4.69, 9.17) is 0 Å². The number of rotatable bonds is 7. The van der Waals surface area contributed by atoms with E-state index in [1.165, 1.54) is 6.42 Å². The standard InChI is InChI=1S/C10H21NO/c1-4-6-10(11-12)8-5-7-9(2)3/h9-10H,4-8H2,1-3H3. The Bertz CT molecular complexity index is 112. The Morgan fingerprint density at radius 2 is 1.83 bits per heavy atom. The first-order valence-electron chi connectivity index (χ1n) is 5.03. The van der Waals surface area contributed by atoms with E-state index in [-0.39, 0.29) is 6.04 Å². The van der Waals surface area contributed by atoms with Crippen molar-refractivity contribution in [3.8, 4) is 0 Å². The maximum Gasteiger partial charge on any atom is 0.0919 e. The molecule has 0 aromatic heterocycles. The molecule has 2 heteroatoms. The van der Waals surface area contributed by atoms with E-state index in [2.05, 4.69) is 25.9 Å². The molecule has 12 heavy (non-hydrogen) atoms. The largest absolute Gasteiger partial charge is 0.151 e. The topological polar surface area (TPSA) is 29.4 Å². The van der Waals surface area contributed by atoms with E-state index in [0.717, 1.165) is 31.6 Å². The molecule has 0 fully saturated rings. The third-order valence-electron chi connectivity index (χ3n) is 2.09. The zero-order chi connectivity index (χ0) is 9.40. The van der Waals surface area contributed by atoms with Crippen LogP contribution in [0.15, 0.2) is 5.18 Å². The van der Waals surface area contributed by atoms with Gasteiger partial charge in [-0.3, -0.25) is 0 Å². The van der Waals surface area contributed by atoms with Gasteiger partial charge in [0, 0.05) is 0 Å². The summed E-state index contributed by atoms with van der Waals surface area (Å²) in [5.41, 5.74) is 0. The van der Waals surface area contributed by atoms with Gasteiger partial charge in [-0.1, -0.05) is 45.2 Å². The molecule has 2 nitrogen and oxygen atoms in total. The van der Waals surface area contributed by atoms with Gasteiger partial charge < -0.3 is 0 Å². The lowest BCUT2D eigenvalue weighted by molar-refractivity contribution is 0.479. The monoisotopic (exact) mass is 171 g/mol. The van der Waals surface area contributed by atoms with Crippen LogP contribution in [-0.4, -0.2) is 6.04 Å². The van der Waals surface area contributed by atoms with Gasteiger partial charge in [0.15, 0.2) is 0 Å². The first-order chi connectivity index (χ1) is 5.70. The minimum atomic E-state index is 0.0775.